The molecule has 0 aliphatic heterocycles. The van der Waals surface area contributed by atoms with E-state index < -0.39 is 0 Å². The van der Waals surface area contributed by atoms with Crippen molar-refractivity contribution in [3.63, 3.8) is 0 Å². The number of thiophene rings is 1. The molecule has 0 spiro atoms. The molecule has 0 unspecified atom stereocenters. The van der Waals surface area contributed by atoms with Gasteiger partial charge in [0.1, 0.15) is 0 Å². The molecule has 3 nitrogen and oxygen atoms in total. The Bertz CT molecular complexity index is 440. The van der Waals surface area contributed by atoms with Crippen molar-refractivity contribution >= 4 is 11.3 Å². The Labute approximate surface area is 99.5 Å². The fourth-order valence-electron chi connectivity index (χ4n) is 1.29. The van der Waals surface area contributed by atoms with Gasteiger partial charge in [0.15, 0.2) is 5.76 Å². The van der Waals surface area contributed by atoms with Crippen LogP contribution in [0.3, 0.4) is 0 Å². The second-order valence-corrected chi connectivity index (χ2v) is 5.58. The second kappa shape index (κ2) is 4.39. The molecular weight excluding hydrogens is 220 g/mol. The van der Waals surface area contributed by atoms with Gasteiger partial charge in [-0.15, -0.1) is 0 Å². The first kappa shape index (κ1) is 11.4. The molecule has 2 rings (SSSR count). The Morgan fingerprint density at radius 2 is 2.25 bits per heavy atom. The number of nitrogens with zero attached hydrogens (tertiary/aromatic N) is 1. The van der Waals surface area contributed by atoms with Gasteiger partial charge >= 0.3 is 0 Å². The Balaban J connectivity index is 2.03. The summed E-state index contributed by atoms with van der Waals surface area (Å²) in [6, 6.07) is 4.02. The van der Waals surface area contributed by atoms with Crippen molar-refractivity contribution in [3.05, 3.63) is 28.6 Å². The molecule has 0 bridgehead atoms. The molecule has 0 atom stereocenters. The molecule has 16 heavy (non-hydrogen) atoms. The Morgan fingerprint density at radius 1 is 1.44 bits per heavy atom. The van der Waals surface area contributed by atoms with Gasteiger partial charge in [-0.3, -0.25) is 0 Å². The van der Waals surface area contributed by atoms with E-state index in [1.54, 1.807) is 11.3 Å². The molecule has 2 heterocycles. The summed E-state index contributed by atoms with van der Waals surface area (Å²) >= 11 is 1.66. The molecular formula is C12H16N2OS. The third kappa shape index (κ3) is 2.93. The van der Waals surface area contributed by atoms with Crippen LogP contribution < -0.4 is 5.32 Å². The van der Waals surface area contributed by atoms with E-state index in [1.807, 2.05) is 17.5 Å². The minimum Gasteiger partial charge on any atom is -0.356 e. The second-order valence-electron chi connectivity index (χ2n) is 4.80. The summed E-state index contributed by atoms with van der Waals surface area (Å²) in [4.78, 5) is 0. The van der Waals surface area contributed by atoms with Crippen LogP contribution in [0.2, 0.25) is 0 Å². The lowest BCUT2D eigenvalue weighted by Gasteiger charge is -2.19. The van der Waals surface area contributed by atoms with Crippen LogP contribution in [0.1, 0.15) is 26.5 Å². The van der Waals surface area contributed by atoms with Gasteiger partial charge < -0.3 is 9.84 Å². The molecule has 2 aromatic heterocycles. The summed E-state index contributed by atoms with van der Waals surface area (Å²) in [5.41, 5.74) is 2.14. The summed E-state index contributed by atoms with van der Waals surface area (Å²) in [5.74, 6) is 0.840. The maximum Gasteiger partial charge on any atom is 0.168 e. The molecule has 0 radical (unpaired) electrons. The van der Waals surface area contributed by atoms with E-state index >= 15 is 0 Å². The molecule has 0 saturated heterocycles. The lowest BCUT2D eigenvalue weighted by Crippen LogP contribution is -2.35. The first-order valence-electron chi connectivity index (χ1n) is 5.28. The highest BCUT2D eigenvalue weighted by Crippen LogP contribution is 2.22. The van der Waals surface area contributed by atoms with Crippen molar-refractivity contribution in [2.45, 2.75) is 32.9 Å². The van der Waals surface area contributed by atoms with Gasteiger partial charge in [0.05, 0.1) is 5.69 Å². The molecule has 0 saturated carbocycles. The lowest BCUT2D eigenvalue weighted by atomic mass is 10.1. The molecule has 2 aromatic rings. The summed E-state index contributed by atoms with van der Waals surface area (Å²) < 4.78 is 5.29. The van der Waals surface area contributed by atoms with Crippen LogP contribution in [0.5, 0.6) is 0 Å². The van der Waals surface area contributed by atoms with Crippen LogP contribution in [0.25, 0.3) is 11.3 Å². The van der Waals surface area contributed by atoms with Crippen LogP contribution >= 0.6 is 11.3 Å². The molecule has 0 aliphatic rings. The normalized spacial score (nSPS) is 11.9. The molecule has 0 aromatic carbocycles. The van der Waals surface area contributed by atoms with Crippen molar-refractivity contribution in [1.29, 1.82) is 0 Å². The number of rotatable bonds is 3. The zero-order chi connectivity index (χ0) is 11.6. The number of nitrogens with one attached hydrogen (secondary N) is 1. The first-order valence-corrected chi connectivity index (χ1v) is 6.22. The third-order valence-corrected chi connectivity index (χ3v) is 2.85. The van der Waals surface area contributed by atoms with Crippen LogP contribution in [-0.2, 0) is 6.54 Å². The topological polar surface area (TPSA) is 38.1 Å². The van der Waals surface area contributed by atoms with Crippen molar-refractivity contribution in [3.8, 4) is 11.3 Å². The van der Waals surface area contributed by atoms with E-state index in [9.17, 15) is 0 Å². The van der Waals surface area contributed by atoms with Crippen LogP contribution in [0.15, 0.2) is 27.4 Å². The fourth-order valence-corrected chi connectivity index (χ4v) is 1.94. The average molecular weight is 236 g/mol. The van der Waals surface area contributed by atoms with Gasteiger partial charge in [0.2, 0.25) is 0 Å². The largest absolute Gasteiger partial charge is 0.356 e. The zero-order valence-electron chi connectivity index (χ0n) is 9.78. The molecule has 4 heteroatoms. The van der Waals surface area contributed by atoms with E-state index in [4.69, 9.17) is 4.52 Å². The summed E-state index contributed by atoms with van der Waals surface area (Å²) in [5, 5.41) is 11.5. The smallest absolute Gasteiger partial charge is 0.168 e. The lowest BCUT2D eigenvalue weighted by molar-refractivity contribution is 0.392. The molecule has 1 N–H and O–H groups in total. The highest BCUT2D eigenvalue weighted by molar-refractivity contribution is 7.08. The first-order chi connectivity index (χ1) is 7.54. The predicted octanol–water partition coefficient (Wildman–Crippen LogP) is 3.29. The van der Waals surface area contributed by atoms with Gasteiger partial charge in [-0.05, 0) is 32.2 Å². The highest BCUT2D eigenvalue weighted by atomic mass is 32.1. The van der Waals surface area contributed by atoms with Crippen molar-refractivity contribution in [2.75, 3.05) is 0 Å². The minimum atomic E-state index is 0.0987. The summed E-state index contributed by atoms with van der Waals surface area (Å²) in [7, 11) is 0. The van der Waals surface area contributed by atoms with Crippen molar-refractivity contribution in [1.82, 2.24) is 10.5 Å². The van der Waals surface area contributed by atoms with E-state index in [-0.39, 0.29) is 5.54 Å². The van der Waals surface area contributed by atoms with Gasteiger partial charge in [-0.25, -0.2) is 0 Å². The Morgan fingerprint density at radius 3 is 2.88 bits per heavy atom. The number of hydrogen-bond acceptors (Lipinski definition) is 4. The predicted molar refractivity (Wildman–Crippen MR) is 66.4 cm³/mol. The molecule has 0 aliphatic carbocycles. The number of aromatic nitrogens is 1. The standard InChI is InChI=1S/C12H16N2OS/c1-12(2,3)13-7-10-6-11(15-14-10)9-4-5-16-8-9/h4-6,8,13H,7H2,1-3H3. The third-order valence-electron chi connectivity index (χ3n) is 2.16. The van der Waals surface area contributed by atoms with Crippen LogP contribution in [0.4, 0.5) is 0 Å². The Kier molecular flexibility index (Phi) is 3.12. The summed E-state index contributed by atoms with van der Waals surface area (Å²) in [6.07, 6.45) is 0. The van der Waals surface area contributed by atoms with Crippen LogP contribution in [0, 0.1) is 0 Å². The maximum atomic E-state index is 5.29. The molecule has 0 amide bonds. The van der Waals surface area contributed by atoms with Crippen molar-refractivity contribution in [2.24, 2.45) is 0 Å². The Hall–Kier alpha value is -1.13. The van der Waals surface area contributed by atoms with Crippen LogP contribution in [-0.4, -0.2) is 10.7 Å². The van der Waals surface area contributed by atoms with Gasteiger partial charge in [-0.2, -0.15) is 11.3 Å². The fraction of sp³-hybridized carbons (Fsp3) is 0.417. The van der Waals surface area contributed by atoms with Gasteiger partial charge in [0, 0.05) is 29.1 Å². The number of hydrogen-bond donors (Lipinski definition) is 1. The van der Waals surface area contributed by atoms with Gasteiger partial charge in [-0.1, -0.05) is 5.16 Å². The quantitative estimate of drug-likeness (QED) is 0.888. The maximum absolute atomic E-state index is 5.29. The SMILES string of the molecule is CC(C)(C)NCc1cc(-c2ccsc2)on1. The van der Waals surface area contributed by atoms with E-state index in [0.717, 1.165) is 23.6 Å². The van der Waals surface area contributed by atoms with Gasteiger partial charge in [0.25, 0.3) is 0 Å². The van der Waals surface area contributed by atoms with Crippen molar-refractivity contribution < 1.29 is 4.52 Å². The monoisotopic (exact) mass is 236 g/mol. The molecule has 86 valence electrons. The van der Waals surface area contributed by atoms with E-state index in [2.05, 4.69) is 36.6 Å². The van der Waals surface area contributed by atoms with E-state index in [1.165, 1.54) is 0 Å². The summed E-state index contributed by atoms with van der Waals surface area (Å²) in [6.45, 7) is 7.13. The highest BCUT2D eigenvalue weighted by Gasteiger charge is 2.11. The average Bonchev–Trinajstić information content (AvgIpc) is 2.84. The van der Waals surface area contributed by atoms with E-state index in [0.29, 0.717) is 0 Å². The molecule has 0 fully saturated rings. The minimum absolute atomic E-state index is 0.0987. The zero-order valence-corrected chi connectivity index (χ0v) is 10.6.